The van der Waals surface area contributed by atoms with Gasteiger partial charge in [0.15, 0.2) is 0 Å². The number of likely N-dealkylation sites (N-methyl/N-ethyl adjacent to an activating group) is 1. The van der Waals surface area contributed by atoms with E-state index in [-0.39, 0.29) is 23.4 Å². The molecule has 0 bridgehead atoms. The van der Waals surface area contributed by atoms with Gasteiger partial charge in [-0.25, -0.2) is 4.98 Å². The summed E-state index contributed by atoms with van der Waals surface area (Å²) in [5, 5.41) is 6.70. The van der Waals surface area contributed by atoms with Crippen LogP contribution >= 0.6 is 0 Å². The van der Waals surface area contributed by atoms with Crippen molar-refractivity contribution in [1.82, 2.24) is 14.8 Å². The number of nitrogen functional groups attached to an aromatic ring is 1. The highest BCUT2D eigenvalue weighted by molar-refractivity contribution is 6.14. The first-order chi connectivity index (χ1) is 20.5. The summed E-state index contributed by atoms with van der Waals surface area (Å²) in [6.45, 7) is 7.98. The largest absolute Gasteiger partial charge is 0.416 e. The zero-order valence-corrected chi connectivity index (χ0v) is 24.0. The molecule has 0 aliphatic carbocycles. The summed E-state index contributed by atoms with van der Waals surface area (Å²) in [7, 11) is 0. The molecule has 1 saturated heterocycles. The van der Waals surface area contributed by atoms with E-state index in [1.807, 2.05) is 4.90 Å². The Labute approximate surface area is 247 Å². The van der Waals surface area contributed by atoms with Crippen LogP contribution in [0.3, 0.4) is 0 Å². The van der Waals surface area contributed by atoms with Gasteiger partial charge < -0.3 is 21.3 Å². The molecule has 2 heterocycles. The Hall–Kier alpha value is -4.48. The van der Waals surface area contributed by atoms with Crippen LogP contribution in [0.2, 0.25) is 0 Å². The number of piperazine rings is 1. The van der Waals surface area contributed by atoms with E-state index in [9.17, 15) is 22.8 Å². The van der Waals surface area contributed by atoms with Gasteiger partial charge in [-0.3, -0.25) is 14.5 Å². The molecule has 43 heavy (non-hydrogen) atoms. The fraction of sp³-hybridized carbons (Fsp3) is 0.281. The van der Waals surface area contributed by atoms with Crippen LogP contribution in [0.4, 0.5) is 30.4 Å². The molecule has 0 unspecified atom stereocenters. The van der Waals surface area contributed by atoms with Crippen molar-refractivity contribution >= 4 is 39.8 Å². The number of anilines is 3. The summed E-state index contributed by atoms with van der Waals surface area (Å²) in [5.74, 6) is -0.701. The number of aromatic nitrogens is 1. The van der Waals surface area contributed by atoms with Crippen LogP contribution in [0.15, 0.2) is 66.9 Å². The standard InChI is InChI=1S/C32H33F3N6O2/c1-3-40-13-15-41(16-14-40)19-22-9-10-23(18-27(22)32(33,34)35)38-30(42)21-8-7-20(2)28(17-21)39-31(43)26-6-4-5-25-24(26)11-12-37-29(25)36/h4-12,17-18H,3,13-16,19H2,1-2H3,(H2,36,37)(H,38,42)(H,39,43). The second kappa shape index (κ2) is 12.4. The molecule has 3 aromatic carbocycles. The number of nitrogens with two attached hydrogens (primary N) is 1. The fourth-order valence-electron chi connectivity index (χ4n) is 5.28. The molecule has 11 heteroatoms. The Morgan fingerprint density at radius 3 is 2.37 bits per heavy atom. The monoisotopic (exact) mass is 590 g/mol. The highest BCUT2D eigenvalue weighted by Gasteiger charge is 2.34. The van der Waals surface area contributed by atoms with Gasteiger partial charge >= 0.3 is 6.18 Å². The zero-order valence-electron chi connectivity index (χ0n) is 24.0. The Morgan fingerprint density at radius 1 is 0.907 bits per heavy atom. The van der Waals surface area contributed by atoms with Crippen molar-refractivity contribution in [2.75, 3.05) is 49.1 Å². The molecule has 0 spiro atoms. The van der Waals surface area contributed by atoms with E-state index >= 15 is 0 Å². The maximum absolute atomic E-state index is 14.0. The minimum atomic E-state index is -4.58. The van der Waals surface area contributed by atoms with Crippen LogP contribution in [0.5, 0.6) is 0 Å². The third-order valence-corrected chi connectivity index (χ3v) is 7.81. The SMILES string of the molecule is CCN1CCN(Cc2ccc(NC(=O)c3ccc(C)c(NC(=O)c4cccc5c(N)nccc45)c3)cc2C(F)(F)F)CC1. The topological polar surface area (TPSA) is 104 Å². The number of fused-ring (bicyclic) bond motifs is 1. The molecule has 1 aliphatic heterocycles. The summed E-state index contributed by atoms with van der Waals surface area (Å²) in [6.07, 6.45) is -3.06. The lowest BCUT2D eigenvalue weighted by Gasteiger charge is -2.34. The predicted octanol–water partition coefficient (Wildman–Crippen LogP) is 5.79. The molecule has 0 radical (unpaired) electrons. The van der Waals surface area contributed by atoms with E-state index in [1.54, 1.807) is 43.3 Å². The van der Waals surface area contributed by atoms with Gasteiger partial charge in [-0.2, -0.15) is 13.2 Å². The number of halogens is 3. The number of aryl methyl sites for hydroxylation is 1. The predicted molar refractivity (Wildman–Crippen MR) is 162 cm³/mol. The Morgan fingerprint density at radius 2 is 1.65 bits per heavy atom. The lowest BCUT2D eigenvalue weighted by atomic mass is 10.0. The minimum absolute atomic E-state index is 0.0324. The summed E-state index contributed by atoms with van der Waals surface area (Å²) in [5.41, 5.74) is 7.05. The number of benzene rings is 3. The van der Waals surface area contributed by atoms with E-state index in [2.05, 4.69) is 27.4 Å². The summed E-state index contributed by atoms with van der Waals surface area (Å²) in [6, 6.07) is 15.5. The number of nitrogens with one attached hydrogen (secondary N) is 2. The average Bonchev–Trinajstić information content (AvgIpc) is 2.98. The molecular weight excluding hydrogens is 557 g/mol. The van der Waals surface area contributed by atoms with Crippen molar-refractivity contribution in [3.05, 3.63) is 94.7 Å². The normalized spacial score (nSPS) is 14.5. The zero-order chi connectivity index (χ0) is 30.7. The first-order valence-electron chi connectivity index (χ1n) is 14.0. The molecule has 0 atom stereocenters. The van der Waals surface area contributed by atoms with Gasteiger partial charge in [-0.1, -0.05) is 31.2 Å². The van der Waals surface area contributed by atoms with Crippen LogP contribution in [-0.4, -0.2) is 59.3 Å². The molecule has 224 valence electrons. The summed E-state index contributed by atoms with van der Waals surface area (Å²) < 4.78 is 42.1. The number of alkyl halides is 3. The van der Waals surface area contributed by atoms with Crippen LogP contribution in [0, 0.1) is 6.92 Å². The van der Waals surface area contributed by atoms with E-state index in [0.717, 1.165) is 25.7 Å². The maximum atomic E-state index is 14.0. The highest BCUT2D eigenvalue weighted by Crippen LogP contribution is 2.35. The Balaban J connectivity index is 1.33. The van der Waals surface area contributed by atoms with Gasteiger partial charge in [-0.15, -0.1) is 0 Å². The number of rotatable bonds is 7. The molecular formula is C32H33F3N6O2. The first kappa shape index (κ1) is 30.0. The van der Waals surface area contributed by atoms with E-state index in [0.29, 0.717) is 46.5 Å². The van der Waals surface area contributed by atoms with Gasteiger partial charge in [0.25, 0.3) is 11.8 Å². The van der Waals surface area contributed by atoms with Crippen LogP contribution in [0.25, 0.3) is 10.8 Å². The van der Waals surface area contributed by atoms with E-state index in [1.165, 1.54) is 24.4 Å². The molecule has 4 N–H and O–H groups in total. The fourth-order valence-corrected chi connectivity index (χ4v) is 5.28. The summed E-state index contributed by atoms with van der Waals surface area (Å²) >= 11 is 0. The van der Waals surface area contributed by atoms with Crippen molar-refractivity contribution in [3.63, 3.8) is 0 Å². The third-order valence-electron chi connectivity index (χ3n) is 7.81. The lowest BCUT2D eigenvalue weighted by molar-refractivity contribution is -0.138. The quantitative estimate of drug-likeness (QED) is 0.252. The van der Waals surface area contributed by atoms with Crippen molar-refractivity contribution in [2.45, 2.75) is 26.6 Å². The lowest BCUT2D eigenvalue weighted by Crippen LogP contribution is -2.45. The van der Waals surface area contributed by atoms with Gasteiger partial charge in [0, 0.05) is 66.8 Å². The van der Waals surface area contributed by atoms with Crippen molar-refractivity contribution in [3.8, 4) is 0 Å². The summed E-state index contributed by atoms with van der Waals surface area (Å²) in [4.78, 5) is 34.7. The van der Waals surface area contributed by atoms with Crippen LogP contribution in [-0.2, 0) is 12.7 Å². The van der Waals surface area contributed by atoms with Gasteiger partial charge in [-0.05, 0) is 66.4 Å². The Bertz CT molecular complexity index is 1670. The molecule has 2 amide bonds. The molecule has 1 fully saturated rings. The van der Waals surface area contributed by atoms with E-state index in [4.69, 9.17) is 5.73 Å². The number of carbonyl (C=O) groups excluding carboxylic acids is 2. The second-order valence-corrected chi connectivity index (χ2v) is 10.6. The van der Waals surface area contributed by atoms with E-state index < -0.39 is 23.6 Å². The van der Waals surface area contributed by atoms with Gasteiger partial charge in [0.2, 0.25) is 0 Å². The van der Waals surface area contributed by atoms with Crippen LogP contribution < -0.4 is 16.4 Å². The molecule has 1 aromatic heterocycles. The van der Waals surface area contributed by atoms with Crippen LogP contribution in [0.1, 0.15) is 44.3 Å². The average molecular weight is 591 g/mol. The molecule has 4 aromatic rings. The number of hydrogen-bond donors (Lipinski definition) is 3. The smallest absolute Gasteiger partial charge is 0.383 e. The third kappa shape index (κ3) is 6.79. The molecule has 5 rings (SSSR count). The minimum Gasteiger partial charge on any atom is -0.383 e. The maximum Gasteiger partial charge on any atom is 0.416 e. The number of carbonyl (C=O) groups is 2. The Kier molecular flexibility index (Phi) is 8.65. The first-order valence-corrected chi connectivity index (χ1v) is 14.0. The van der Waals surface area contributed by atoms with Gasteiger partial charge in [0.1, 0.15) is 5.82 Å². The number of nitrogens with zero attached hydrogens (tertiary/aromatic N) is 3. The van der Waals surface area contributed by atoms with Crippen molar-refractivity contribution < 1.29 is 22.8 Å². The number of amides is 2. The molecule has 1 aliphatic rings. The van der Waals surface area contributed by atoms with Crippen molar-refractivity contribution in [1.29, 1.82) is 0 Å². The molecule has 8 nitrogen and oxygen atoms in total. The second-order valence-electron chi connectivity index (χ2n) is 10.6. The van der Waals surface area contributed by atoms with Crippen molar-refractivity contribution in [2.24, 2.45) is 0 Å². The number of pyridine rings is 1. The van der Waals surface area contributed by atoms with Gasteiger partial charge in [0.05, 0.1) is 5.56 Å². The number of hydrogen-bond acceptors (Lipinski definition) is 6. The highest BCUT2D eigenvalue weighted by atomic mass is 19.4. The molecule has 0 saturated carbocycles.